The number of rotatable bonds is 9. The Morgan fingerprint density at radius 1 is 1.16 bits per heavy atom. The molecule has 2 aliphatic rings. The Balaban J connectivity index is 1.32. The summed E-state index contributed by atoms with van der Waals surface area (Å²) in [6.45, 7) is 5.43. The molecule has 0 unspecified atom stereocenters. The van der Waals surface area contributed by atoms with Gasteiger partial charge in [0.05, 0.1) is 19.0 Å². The van der Waals surface area contributed by atoms with Crippen LogP contribution in [0.1, 0.15) is 29.7 Å². The first kappa shape index (κ1) is 22.9. The summed E-state index contributed by atoms with van der Waals surface area (Å²) >= 11 is 1.32. The first-order chi connectivity index (χ1) is 15.6. The number of morpholine rings is 1. The number of benzene rings is 1. The van der Waals surface area contributed by atoms with Gasteiger partial charge in [0.2, 0.25) is 5.91 Å². The third-order valence-electron chi connectivity index (χ3n) is 5.90. The fourth-order valence-corrected chi connectivity index (χ4v) is 5.11. The minimum Gasteiger partial charge on any atom is -0.379 e. The number of fused-ring (bicyclic) bond motifs is 1. The Kier molecular flexibility index (Phi) is 7.94. The lowest BCUT2D eigenvalue weighted by molar-refractivity contribution is -0.118. The zero-order chi connectivity index (χ0) is 22.3. The van der Waals surface area contributed by atoms with Crippen LogP contribution in [0.25, 0.3) is 0 Å². The van der Waals surface area contributed by atoms with Crippen molar-refractivity contribution < 1.29 is 13.9 Å². The van der Waals surface area contributed by atoms with E-state index < -0.39 is 0 Å². The topological polar surface area (TPSA) is 76.5 Å². The molecule has 1 amide bonds. The van der Waals surface area contributed by atoms with Gasteiger partial charge in [0.15, 0.2) is 0 Å². The first-order valence-electron chi connectivity index (χ1n) is 11.2. The van der Waals surface area contributed by atoms with Crippen LogP contribution in [0.2, 0.25) is 0 Å². The molecule has 0 saturated carbocycles. The quantitative estimate of drug-likeness (QED) is 0.456. The first-order valence-corrected chi connectivity index (χ1v) is 12.2. The van der Waals surface area contributed by atoms with Crippen molar-refractivity contribution in [3.8, 4) is 0 Å². The van der Waals surface area contributed by atoms with Crippen molar-refractivity contribution in [1.29, 1.82) is 0 Å². The van der Waals surface area contributed by atoms with Crippen molar-refractivity contribution in [2.75, 3.05) is 38.6 Å². The van der Waals surface area contributed by atoms with E-state index in [2.05, 4.69) is 15.2 Å². The van der Waals surface area contributed by atoms with E-state index in [-0.39, 0.29) is 23.2 Å². The molecule has 2 aromatic rings. The fourth-order valence-electron chi connectivity index (χ4n) is 4.20. The van der Waals surface area contributed by atoms with Gasteiger partial charge < -0.3 is 10.1 Å². The van der Waals surface area contributed by atoms with Crippen LogP contribution in [0, 0.1) is 5.82 Å². The molecule has 2 heterocycles. The Morgan fingerprint density at radius 2 is 1.94 bits per heavy atom. The maximum Gasteiger partial charge on any atom is 0.348 e. The lowest BCUT2D eigenvalue weighted by Gasteiger charge is -2.26. The van der Waals surface area contributed by atoms with Crippen LogP contribution < -0.4 is 11.0 Å². The van der Waals surface area contributed by atoms with E-state index in [1.54, 1.807) is 12.1 Å². The summed E-state index contributed by atoms with van der Waals surface area (Å²) in [7, 11) is 0. The molecular formula is C23H29FN4O3S. The molecule has 172 valence electrons. The third-order valence-corrected chi connectivity index (χ3v) is 6.92. The maximum atomic E-state index is 13.0. The second-order valence-electron chi connectivity index (χ2n) is 8.13. The number of hydrogen-bond donors (Lipinski definition) is 1. The van der Waals surface area contributed by atoms with E-state index in [1.807, 2.05) is 4.57 Å². The van der Waals surface area contributed by atoms with Gasteiger partial charge in [0, 0.05) is 44.0 Å². The lowest BCUT2D eigenvalue weighted by Crippen LogP contribution is -2.37. The molecule has 1 aromatic heterocycles. The zero-order valence-electron chi connectivity index (χ0n) is 18.1. The summed E-state index contributed by atoms with van der Waals surface area (Å²) in [6, 6.07) is 6.05. The van der Waals surface area contributed by atoms with Crippen molar-refractivity contribution in [2.45, 2.75) is 43.8 Å². The average molecular weight is 461 g/mol. The van der Waals surface area contributed by atoms with Crippen molar-refractivity contribution >= 4 is 17.7 Å². The molecule has 7 nitrogen and oxygen atoms in total. The van der Waals surface area contributed by atoms with Crippen molar-refractivity contribution in [1.82, 2.24) is 19.8 Å². The monoisotopic (exact) mass is 460 g/mol. The van der Waals surface area contributed by atoms with Crippen LogP contribution >= 0.6 is 11.8 Å². The molecule has 32 heavy (non-hydrogen) atoms. The highest BCUT2D eigenvalue weighted by Crippen LogP contribution is 2.29. The van der Waals surface area contributed by atoms with Crippen LogP contribution in [0.15, 0.2) is 34.1 Å². The number of amides is 1. The number of carbonyl (C=O) groups is 1. The Hall–Kier alpha value is -2.23. The van der Waals surface area contributed by atoms with Crippen molar-refractivity contribution in [3.05, 3.63) is 57.4 Å². The second-order valence-corrected chi connectivity index (χ2v) is 9.09. The highest BCUT2D eigenvalue weighted by atomic mass is 32.2. The number of nitrogens with zero attached hydrogens (tertiary/aromatic N) is 3. The molecular weight excluding hydrogens is 431 g/mol. The summed E-state index contributed by atoms with van der Waals surface area (Å²) in [4.78, 5) is 31.7. The number of carbonyl (C=O) groups excluding carboxylic acids is 1. The molecule has 4 rings (SSSR count). The van der Waals surface area contributed by atoms with E-state index in [4.69, 9.17) is 4.74 Å². The van der Waals surface area contributed by atoms with Gasteiger partial charge in [-0.2, -0.15) is 4.98 Å². The summed E-state index contributed by atoms with van der Waals surface area (Å²) in [5, 5.41) is 3.52. The van der Waals surface area contributed by atoms with Gasteiger partial charge in [0.25, 0.3) is 0 Å². The van der Waals surface area contributed by atoms with E-state index in [1.165, 1.54) is 23.9 Å². The molecule has 0 atom stereocenters. The van der Waals surface area contributed by atoms with Crippen LogP contribution in [0.5, 0.6) is 0 Å². The van der Waals surface area contributed by atoms with E-state index in [0.29, 0.717) is 18.1 Å². The third kappa shape index (κ3) is 5.96. The number of nitrogens with one attached hydrogen (secondary N) is 1. The van der Waals surface area contributed by atoms with Crippen LogP contribution in [-0.4, -0.2) is 59.0 Å². The molecule has 1 aliphatic heterocycles. The summed E-state index contributed by atoms with van der Waals surface area (Å²) in [6.07, 6.45) is 3.70. The second kappa shape index (κ2) is 11.1. The largest absolute Gasteiger partial charge is 0.379 e. The number of hydrogen-bond acceptors (Lipinski definition) is 6. The normalized spacial score (nSPS) is 16.2. The Bertz CT molecular complexity index is 990. The molecule has 1 fully saturated rings. The van der Waals surface area contributed by atoms with Gasteiger partial charge in [-0.3, -0.25) is 14.3 Å². The van der Waals surface area contributed by atoms with Crippen LogP contribution in [0.3, 0.4) is 0 Å². The predicted molar refractivity (Wildman–Crippen MR) is 121 cm³/mol. The number of halogens is 1. The molecule has 1 aliphatic carbocycles. The predicted octanol–water partition coefficient (Wildman–Crippen LogP) is 2.00. The van der Waals surface area contributed by atoms with Crippen molar-refractivity contribution in [2.24, 2.45) is 0 Å². The van der Waals surface area contributed by atoms with Gasteiger partial charge in [-0.25, -0.2) is 9.18 Å². The van der Waals surface area contributed by atoms with Gasteiger partial charge >= 0.3 is 5.69 Å². The number of aromatic nitrogens is 2. The van der Waals surface area contributed by atoms with Gasteiger partial charge in [0.1, 0.15) is 10.8 Å². The highest BCUT2D eigenvalue weighted by Gasteiger charge is 2.22. The lowest BCUT2D eigenvalue weighted by atomic mass is 10.2. The summed E-state index contributed by atoms with van der Waals surface area (Å²) in [5.41, 5.74) is 2.82. The van der Waals surface area contributed by atoms with E-state index in [0.717, 1.165) is 75.4 Å². The smallest absolute Gasteiger partial charge is 0.348 e. The highest BCUT2D eigenvalue weighted by molar-refractivity contribution is 7.99. The summed E-state index contributed by atoms with van der Waals surface area (Å²) in [5.74, 6) is -0.241. The number of thioether (sulfide) groups is 1. The molecule has 0 spiro atoms. The van der Waals surface area contributed by atoms with Crippen LogP contribution in [-0.2, 0) is 35.5 Å². The number of ether oxygens (including phenoxy) is 1. The van der Waals surface area contributed by atoms with Crippen LogP contribution in [0.4, 0.5) is 4.39 Å². The molecule has 9 heteroatoms. The minimum atomic E-state index is -0.300. The van der Waals surface area contributed by atoms with Gasteiger partial charge in [-0.15, -0.1) is 0 Å². The standard InChI is InChI=1S/C23H29FN4O3S/c24-18-7-5-17(6-8-18)15-25-21(29)16-32-22-19-3-1-4-20(19)28(23(30)26-22)10-2-9-27-11-13-31-14-12-27/h5-8H,1-4,9-16H2,(H,25,29). The SMILES string of the molecule is O=C(CSc1nc(=O)n(CCCN2CCOCC2)c2c1CCC2)NCc1ccc(F)cc1. The van der Waals surface area contributed by atoms with E-state index >= 15 is 0 Å². The molecule has 0 radical (unpaired) electrons. The van der Waals surface area contributed by atoms with E-state index in [9.17, 15) is 14.0 Å². The fraction of sp³-hybridized carbons (Fsp3) is 0.522. The molecule has 1 N–H and O–H groups in total. The molecule has 0 bridgehead atoms. The average Bonchev–Trinajstić information content (AvgIpc) is 3.29. The molecule has 1 aromatic carbocycles. The maximum absolute atomic E-state index is 13.0. The zero-order valence-corrected chi connectivity index (χ0v) is 19.0. The Morgan fingerprint density at radius 3 is 2.72 bits per heavy atom. The Labute approximate surface area is 191 Å². The summed E-state index contributed by atoms with van der Waals surface area (Å²) < 4.78 is 20.2. The van der Waals surface area contributed by atoms with Crippen molar-refractivity contribution in [3.63, 3.8) is 0 Å². The van der Waals surface area contributed by atoms with Gasteiger partial charge in [-0.1, -0.05) is 23.9 Å². The minimum absolute atomic E-state index is 0.137. The molecule has 1 saturated heterocycles. The van der Waals surface area contributed by atoms with Gasteiger partial charge in [-0.05, 0) is 43.4 Å².